The van der Waals surface area contributed by atoms with Gasteiger partial charge in [-0.15, -0.1) is 0 Å². The molecule has 0 heterocycles. The SMILES string of the molecule is COC(=O)[C@]12CC[C@@H](C)[C@H](C)[C@H]1[C@@H]1C(=O)C[C@@H]3[C@@]4(C)CC[C@H](OC=O)C(C)(C)[C@@H]4CC[C@@]3(C)[C@]1(C)CC2. The summed E-state index contributed by atoms with van der Waals surface area (Å²) in [6.45, 7) is 17.2. The van der Waals surface area contributed by atoms with Crippen LogP contribution in [0.4, 0.5) is 0 Å². The maximum atomic E-state index is 14.5. The molecule has 5 aliphatic rings. The summed E-state index contributed by atoms with van der Waals surface area (Å²) >= 11 is 0. The molecule has 5 rings (SSSR count). The third-order valence-electron chi connectivity index (χ3n) is 14.1. The molecule has 0 radical (unpaired) electrons. The minimum Gasteiger partial charge on any atom is -0.469 e. The number of hydrogen-bond donors (Lipinski definition) is 0. The highest BCUT2D eigenvalue weighted by Crippen LogP contribution is 2.76. The fourth-order valence-electron chi connectivity index (χ4n) is 11.8. The number of ether oxygens (including phenoxy) is 2. The average molecular weight is 515 g/mol. The smallest absolute Gasteiger partial charge is 0.312 e. The zero-order chi connectivity index (χ0) is 27.2. The van der Waals surface area contributed by atoms with Crippen LogP contribution in [0.25, 0.3) is 0 Å². The summed E-state index contributed by atoms with van der Waals surface area (Å²) in [7, 11) is 1.53. The number of rotatable bonds is 3. The first kappa shape index (κ1) is 27.2. The number of hydrogen-bond acceptors (Lipinski definition) is 5. The van der Waals surface area contributed by atoms with Crippen LogP contribution in [0.2, 0.25) is 0 Å². The molecule has 0 N–H and O–H groups in total. The van der Waals surface area contributed by atoms with Gasteiger partial charge in [0.25, 0.3) is 6.47 Å². The highest BCUT2D eigenvalue weighted by atomic mass is 16.5. The Bertz CT molecular complexity index is 972. The second kappa shape index (κ2) is 8.55. The van der Waals surface area contributed by atoms with Gasteiger partial charge in [-0.2, -0.15) is 0 Å². The lowest BCUT2D eigenvalue weighted by atomic mass is 9.31. The summed E-state index contributed by atoms with van der Waals surface area (Å²) in [5, 5.41) is 0. The van der Waals surface area contributed by atoms with Gasteiger partial charge in [0.05, 0.1) is 12.5 Å². The first-order valence-corrected chi connectivity index (χ1v) is 14.9. The van der Waals surface area contributed by atoms with Gasteiger partial charge in [-0.05, 0) is 97.2 Å². The molecule has 0 unspecified atom stereocenters. The van der Waals surface area contributed by atoms with E-state index in [1.54, 1.807) is 0 Å². The standard InChI is InChI=1S/C32H50O5/c1-19-9-14-32(27(35)36-8)16-15-31(7)26(25(32)20(19)2)21(34)17-23-29(5)12-11-24(37-18-33)28(3,4)22(29)10-13-30(23,31)6/h18-20,22-26H,9-17H2,1-8H3/t19-,20+,22+,23-,24+,25+,26+,29+,30-,31-,32+/m1/s1. The molecule has 5 saturated carbocycles. The van der Waals surface area contributed by atoms with E-state index in [-0.39, 0.29) is 45.6 Å². The molecule has 37 heavy (non-hydrogen) atoms. The van der Waals surface area contributed by atoms with Gasteiger partial charge in [0.15, 0.2) is 0 Å². The van der Waals surface area contributed by atoms with Gasteiger partial charge < -0.3 is 9.47 Å². The van der Waals surface area contributed by atoms with E-state index in [0.29, 0.717) is 42.3 Å². The van der Waals surface area contributed by atoms with Crippen molar-refractivity contribution < 1.29 is 23.9 Å². The van der Waals surface area contributed by atoms with E-state index in [1.807, 2.05) is 0 Å². The maximum absolute atomic E-state index is 14.5. The molecule has 5 heteroatoms. The van der Waals surface area contributed by atoms with E-state index < -0.39 is 5.41 Å². The Labute approximate surface area is 224 Å². The normalized spacial score (nSPS) is 52.5. The number of methoxy groups -OCH3 is 1. The van der Waals surface area contributed by atoms with Crippen molar-refractivity contribution in [1.82, 2.24) is 0 Å². The van der Waals surface area contributed by atoms with Crippen molar-refractivity contribution in [2.24, 2.45) is 62.6 Å². The lowest BCUT2D eigenvalue weighted by Crippen LogP contribution is -2.70. The third-order valence-corrected chi connectivity index (χ3v) is 14.1. The highest BCUT2D eigenvalue weighted by Gasteiger charge is 2.73. The van der Waals surface area contributed by atoms with Crippen molar-refractivity contribution in [1.29, 1.82) is 0 Å². The van der Waals surface area contributed by atoms with Crippen LogP contribution < -0.4 is 0 Å². The van der Waals surface area contributed by atoms with Gasteiger partial charge in [-0.1, -0.05) is 48.5 Å². The van der Waals surface area contributed by atoms with Crippen LogP contribution in [-0.2, 0) is 23.9 Å². The van der Waals surface area contributed by atoms with Crippen molar-refractivity contribution >= 4 is 18.2 Å². The monoisotopic (exact) mass is 514 g/mol. The lowest BCUT2D eigenvalue weighted by Gasteiger charge is -2.73. The summed E-state index contributed by atoms with van der Waals surface area (Å²) in [5.74, 6) is 1.85. The molecule has 5 fully saturated rings. The second-order valence-electron chi connectivity index (χ2n) is 15.3. The Hall–Kier alpha value is -1.39. The summed E-state index contributed by atoms with van der Waals surface area (Å²) in [6, 6.07) is 0. The average Bonchev–Trinajstić information content (AvgIpc) is 2.84. The Morgan fingerprint density at radius 1 is 0.892 bits per heavy atom. The molecule has 5 nitrogen and oxygen atoms in total. The molecule has 208 valence electrons. The largest absolute Gasteiger partial charge is 0.469 e. The Morgan fingerprint density at radius 3 is 2.24 bits per heavy atom. The molecule has 0 aromatic heterocycles. The van der Waals surface area contributed by atoms with Gasteiger partial charge in [0.2, 0.25) is 0 Å². The molecule has 0 aliphatic heterocycles. The van der Waals surface area contributed by atoms with Gasteiger partial charge in [-0.3, -0.25) is 14.4 Å². The minimum atomic E-state index is -0.517. The summed E-state index contributed by atoms with van der Waals surface area (Å²) in [5.41, 5.74) is -0.693. The highest BCUT2D eigenvalue weighted by molar-refractivity contribution is 5.87. The van der Waals surface area contributed by atoms with Crippen molar-refractivity contribution in [3.63, 3.8) is 0 Å². The van der Waals surface area contributed by atoms with Gasteiger partial charge in [0.1, 0.15) is 11.9 Å². The van der Waals surface area contributed by atoms with E-state index in [2.05, 4.69) is 48.5 Å². The predicted molar refractivity (Wildman–Crippen MR) is 142 cm³/mol. The molecule has 11 atom stereocenters. The van der Waals surface area contributed by atoms with E-state index in [4.69, 9.17) is 9.47 Å². The second-order valence-corrected chi connectivity index (χ2v) is 15.3. The number of esters is 1. The van der Waals surface area contributed by atoms with Crippen molar-refractivity contribution in [3.05, 3.63) is 0 Å². The van der Waals surface area contributed by atoms with Gasteiger partial charge in [-0.25, -0.2) is 0 Å². The van der Waals surface area contributed by atoms with E-state index in [1.165, 1.54) is 7.11 Å². The van der Waals surface area contributed by atoms with Crippen LogP contribution in [0, 0.1) is 62.6 Å². The van der Waals surface area contributed by atoms with Gasteiger partial charge >= 0.3 is 5.97 Å². The molecule has 5 aliphatic carbocycles. The fourth-order valence-corrected chi connectivity index (χ4v) is 11.8. The van der Waals surface area contributed by atoms with E-state index in [9.17, 15) is 14.4 Å². The number of fused-ring (bicyclic) bond motifs is 7. The molecule has 0 saturated heterocycles. The van der Waals surface area contributed by atoms with E-state index in [0.717, 1.165) is 51.4 Å². The van der Waals surface area contributed by atoms with Crippen LogP contribution in [0.3, 0.4) is 0 Å². The fraction of sp³-hybridized carbons (Fsp3) is 0.906. The molecule has 0 aromatic rings. The third kappa shape index (κ3) is 3.30. The molecular weight excluding hydrogens is 464 g/mol. The van der Waals surface area contributed by atoms with Crippen LogP contribution in [0.15, 0.2) is 0 Å². The van der Waals surface area contributed by atoms with Crippen molar-refractivity contribution in [2.75, 3.05) is 7.11 Å². The first-order chi connectivity index (χ1) is 17.2. The summed E-state index contributed by atoms with van der Waals surface area (Å²) in [4.78, 5) is 39.2. The van der Waals surface area contributed by atoms with Gasteiger partial charge in [0, 0.05) is 17.8 Å². The van der Waals surface area contributed by atoms with Crippen LogP contribution in [0.5, 0.6) is 0 Å². The molecule has 0 aromatic carbocycles. The van der Waals surface area contributed by atoms with Crippen LogP contribution >= 0.6 is 0 Å². The number of carbonyl (C=O) groups is 3. The predicted octanol–water partition coefficient (Wildman–Crippen LogP) is 6.62. The Balaban J connectivity index is 1.58. The maximum Gasteiger partial charge on any atom is 0.312 e. The molecule has 0 spiro atoms. The van der Waals surface area contributed by atoms with Crippen molar-refractivity contribution in [2.45, 2.75) is 112 Å². The van der Waals surface area contributed by atoms with Crippen LogP contribution in [0.1, 0.15) is 106 Å². The topological polar surface area (TPSA) is 69.7 Å². The number of Topliss-reactive ketones (excluding diaryl/α,β-unsaturated/α-hetero) is 1. The molecule has 0 bridgehead atoms. The van der Waals surface area contributed by atoms with Crippen LogP contribution in [-0.4, -0.2) is 31.4 Å². The van der Waals surface area contributed by atoms with E-state index >= 15 is 0 Å². The zero-order valence-corrected chi connectivity index (χ0v) is 24.5. The summed E-state index contributed by atoms with van der Waals surface area (Å²) in [6.07, 6.45) is 8.25. The Morgan fingerprint density at radius 2 is 1.59 bits per heavy atom. The minimum absolute atomic E-state index is 0.0330. The molecule has 0 amide bonds. The molecular formula is C32H50O5. The summed E-state index contributed by atoms with van der Waals surface area (Å²) < 4.78 is 11.1. The quantitative estimate of drug-likeness (QED) is 0.313. The number of ketones is 1. The lowest BCUT2D eigenvalue weighted by molar-refractivity contribution is -0.250. The zero-order valence-electron chi connectivity index (χ0n) is 24.5. The Kier molecular flexibility index (Phi) is 6.28. The first-order valence-electron chi connectivity index (χ1n) is 14.9. The van der Waals surface area contributed by atoms with Crippen molar-refractivity contribution in [3.8, 4) is 0 Å². The number of carbonyl (C=O) groups excluding carboxylic acids is 3.